The van der Waals surface area contributed by atoms with E-state index in [1.165, 1.54) is 6.07 Å². The van der Waals surface area contributed by atoms with Crippen LogP contribution in [0.1, 0.15) is 67.5 Å². The normalized spacial score (nSPS) is 16.9. The molecule has 4 heterocycles. The fourth-order valence-corrected chi connectivity index (χ4v) is 6.66. The van der Waals surface area contributed by atoms with E-state index in [4.69, 9.17) is 4.98 Å². The average molecular weight is 553 g/mol. The van der Waals surface area contributed by atoms with E-state index >= 15 is 0 Å². The monoisotopic (exact) mass is 552 g/mol. The first-order valence-corrected chi connectivity index (χ1v) is 14.9. The van der Waals surface area contributed by atoms with Gasteiger partial charge in [-0.25, -0.2) is 27.8 Å². The molecule has 1 aromatic carbocycles. The van der Waals surface area contributed by atoms with E-state index in [0.29, 0.717) is 36.7 Å². The molecular weight excluding hydrogens is 515 g/mol. The molecule has 3 aromatic rings. The molecule has 0 spiro atoms. The smallest absolute Gasteiger partial charge is 0.240 e. The average Bonchev–Trinajstić information content (AvgIpc) is 3.30. The molecule has 2 aromatic heterocycles. The van der Waals surface area contributed by atoms with Crippen molar-refractivity contribution in [1.82, 2.24) is 19.9 Å². The van der Waals surface area contributed by atoms with E-state index in [9.17, 15) is 12.8 Å². The number of aryl methyl sites for hydroxylation is 1. The van der Waals surface area contributed by atoms with Gasteiger partial charge >= 0.3 is 0 Å². The Morgan fingerprint density at radius 2 is 1.82 bits per heavy atom. The third kappa shape index (κ3) is 5.63. The number of pyridine rings is 1. The number of fused-ring (bicyclic) bond motifs is 1. The second-order valence-electron chi connectivity index (χ2n) is 11.7. The van der Waals surface area contributed by atoms with Crippen molar-refractivity contribution in [3.8, 4) is 0 Å². The summed E-state index contributed by atoms with van der Waals surface area (Å²) in [6, 6.07) is 7.41. The minimum atomic E-state index is -3.49. The van der Waals surface area contributed by atoms with Gasteiger partial charge in [-0.05, 0) is 95.8 Å². The fourth-order valence-electron chi connectivity index (χ4n) is 5.24. The number of rotatable bonds is 6. The molecule has 208 valence electrons. The largest absolute Gasteiger partial charge is 0.309 e. The van der Waals surface area contributed by atoms with Crippen molar-refractivity contribution in [3.05, 3.63) is 70.4 Å². The predicted molar refractivity (Wildman–Crippen MR) is 153 cm³/mol. The Kier molecular flexibility index (Phi) is 7.37. The molecule has 0 bridgehead atoms. The standard InChI is InChI=1S/C29H37FN6O2S/c1-19-17-32-28(34-27-16-24(30)23(18-31-27)21-8-11-35(5)12-9-21)33-25(19)14-20-6-7-22-10-13-36(26(22)15-20)39(37,38)29(2,3)4/h6-7,15-18,21H,8-14H2,1-5H3,(H,31,32,33,34). The SMILES string of the molecule is Cc1cnc(Nc2cc(F)c(C3CCN(C)CC3)cn2)nc1Cc1ccc2c(c1)N(S(=O)(=O)C(C)(C)C)CC2. The van der Waals surface area contributed by atoms with Gasteiger partial charge in [0.25, 0.3) is 0 Å². The molecule has 0 amide bonds. The van der Waals surface area contributed by atoms with Crippen molar-refractivity contribution < 1.29 is 12.8 Å². The molecule has 1 fully saturated rings. The summed E-state index contributed by atoms with van der Waals surface area (Å²) in [6.45, 7) is 9.50. The molecule has 5 rings (SSSR count). The molecule has 0 radical (unpaired) electrons. The number of hydrogen-bond donors (Lipinski definition) is 1. The Labute approximate surface area is 230 Å². The lowest BCUT2D eigenvalue weighted by Gasteiger charge is -2.29. The van der Waals surface area contributed by atoms with Crippen molar-refractivity contribution in [1.29, 1.82) is 0 Å². The first-order valence-electron chi connectivity index (χ1n) is 13.5. The summed E-state index contributed by atoms with van der Waals surface area (Å²) in [5, 5.41) is 3.05. The summed E-state index contributed by atoms with van der Waals surface area (Å²) in [5.74, 6) is 0.626. The second-order valence-corrected chi connectivity index (χ2v) is 14.3. The van der Waals surface area contributed by atoms with Gasteiger partial charge in [0.15, 0.2) is 0 Å². The molecule has 1 N–H and O–H groups in total. The lowest BCUT2D eigenvalue weighted by Crippen LogP contribution is -2.42. The van der Waals surface area contributed by atoms with Gasteiger partial charge in [-0.15, -0.1) is 0 Å². The van der Waals surface area contributed by atoms with Gasteiger partial charge in [-0.3, -0.25) is 4.31 Å². The maximum absolute atomic E-state index is 15.0. The van der Waals surface area contributed by atoms with Crippen LogP contribution in [-0.2, 0) is 22.9 Å². The first kappa shape index (κ1) is 27.5. The molecule has 0 unspecified atom stereocenters. The Morgan fingerprint density at radius 3 is 2.51 bits per heavy atom. The summed E-state index contributed by atoms with van der Waals surface area (Å²) in [5.41, 5.74) is 5.13. The predicted octanol–water partition coefficient (Wildman–Crippen LogP) is 4.95. The molecule has 2 aliphatic rings. The molecule has 39 heavy (non-hydrogen) atoms. The van der Waals surface area contributed by atoms with E-state index in [-0.39, 0.29) is 11.7 Å². The maximum atomic E-state index is 15.0. The number of piperidine rings is 1. The van der Waals surface area contributed by atoms with E-state index in [0.717, 1.165) is 54.0 Å². The molecular formula is C29H37FN6O2S. The maximum Gasteiger partial charge on any atom is 0.240 e. The van der Waals surface area contributed by atoms with E-state index in [2.05, 4.69) is 27.2 Å². The van der Waals surface area contributed by atoms with Gasteiger partial charge in [0, 0.05) is 37.0 Å². The van der Waals surface area contributed by atoms with Crippen LogP contribution < -0.4 is 9.62 Å². The first-order chi connectivity index (χ1) is 18.4. The highest BCUT2D eigenvalue weighted by Crippen LogP contribution is 2.36. The summed E-state index contributed by atoms with van der Waals surface area (Å²) in [7, 11) is -1.40. The highest BCUT2D eigenvalue weighted by atomic mass is 32.2. The van der Waals surface area contributed by atoms with Crippen LogP contribution in [0.25, 0.3) is 0 Å². The highest BCUT2D eigenvalue weighted by Gasteiger charge is 2.38. The van der Waals surface area contributed by atoms with Crippen LogP contribution in [-0.4, -0.2) is 59.7 Å². The molecule has 0 aliphatic carbocycles. The van der Waals surface area contributed by atoms with Gasteiger partial charge in [0.2, 0.25) is 16.0 Å². The van der Waals surface area contributed by atoms with Crippen LogP contribution in [0.15, 0.2) is 36.7 Å². The quantitative estimate of drug-likeness (QED) is 0.463. The zero-order chi connectivity index (χ0) is 27.9. The number of likely N-dealkylation sites (tertiary alicyclic amines) is 1. The van der Waals surface area contributed by atoms with Crippen molar-refractivity contribution in [3.63, 3.8) is 0 Å². The number of benzene rings is 1. The number of halogens is 1. The van der Waals surface area contributed by atoms with Crippen LogP contribution in [0, 0.1) is 12.7 Å². The Hall–Kier alpha value is -3.11. The van der Waals surface area contributed by atoms with Crippen LogP contribution >= 0.6 is 0 Å². The lowest BCUT2D eigenvalue weighted by molar-refractivity contribution is 0.253. The van der Waals surface area contributed by atoms with E-state index < -0.39 is 14.8 Å². The Balaban J connectivity index is 1.34. The van der Waals surface area contributed by atoms with E-state index in [1.54, 1.807) is 37.5 Å². The number of nitrogens with zero attached hydrogens (tertiary/aromatic N) is 5. The summed E-state index contributed by atoms with van der Waals surface area (Å²) >= 11 is 0. The minimum absolute atomic E-state index is 0.187. The van der Waals surface area contributed by atoms with Gasteiger partial charge in [-0.1, -0.05) is 12.1 Å². The van der Waals surface area contributed by atoms with Gasteiger partial charge in [0.1, 0.15) is 11.6 Å². The van der Waals surface area contributed by atoms with Crippen molar-refractivity contribution in [2.45, 2.75) is 64.0 Å². The minimum Gasteiger partial charge on any atom is -0.309 e. The third-order valence-electron chi connectivity index (χ3n) is 7.79. The molecule has 0 saturated carbocycles. The zero-order valence-corrected chi connectivity index (χ0v) is 24.1. The number of hydrogen-bond acceptors (Lipinski definition) is 7. The number of nitrogens with one attached hydrogen (secondary N) is 1. The Morgan fingerprint density at radius 1 is 1.08 bits per heavy atom. The molecule has 1 saturated heterocycles. The van der Waals surface area contributed by atoms with Crippen LogP contribution in [0.2, 0.25) is 0 Å². The zero-order valence-electron chi connectivity index (χ0n) is 23.3. The summed E-state index contributed by atoms with van der Waals surface area (Å²) in [6.07, 6.45) is 6.42. The van der Waals surface area contributed by atoms with Crippen LogP contribution in [0.3, 0.4) is 0 Å². The second kappa shape index (κ2) is 10.5. The van der Waals surface area contributed by atoms with Crippen molar-refractivity contribution in [2.75, 3.05) is 36.3 Å². The molecule has 0 atom stereocenters. The van der Waals surface area contributed by atoms with Gasteiger partial charge in [-0.2, -0.15) is 0 Å². The summed E-state index contributed by atoms with van der Waals surface area (Å²) < 4.78 is 42.0. The van der Waals surface area contributed by atoms with Gasteiger partial charge < -0.3 is 10.2 Å². The molecule has 8 nitrogen and oxygen atoms in total. The third-order valence-corrected chi connectivity index (χ3v) is 10.3. The van der Waals surface area contributed by atoms with Crippen LogP contribution in [0.5, 0.6) is 0 Å². The number of sulfonamides is 1. The Bertz CT molecular complexity index is 1480. The topological polar surface area (TPSA) is 91.3 Å². The van der Waals surface area contributed by atoms with Crippen molar-refractivity contribution in [2.24, 2.45) is 0 Å². The fraction of sp³-hybridized carbons (Fsp3) is 0.483. The summed E-state index contributed by atoms with van der Waals surface area (Å²) in [4.78, 5) is 15.8. The van der Waals surface area contributed by atoms with Crippen LogP contribution in [0.4, 0.5) is 21.8 Å². The lowest BCUT2D eigenvalue weighted by atomic mass is 9.90. The number of anilines is 3. The van der Waals surface area contributed by atoms with E-state index in [1.807, 2.05) is 25.1 Å². The molecule has 2 aliphatic heterocycles. The highest BCUT2D eigenvalue weighted by molar-refractivity contribution is 7.94. The van der Waals surface area contributed by atoms with Crippen molar-refractivity contribution >= 4 is 27.5 Å². The molecule has 10 heteroatoms. The van der Waals surface area contributed by atoms with Gasteiger partial charge in [0.05, 0.1) is 16.1 Å². The number of aromatic nitrogens is 3.